The number of hydrogen-bond acceptors (Lipinski definition) is 2. The zero-order valence-electron chi connectivity index (χ0n) is 7.92. The van der Waals surface area contributed by atoms with Crippen LogP contribution in [0.4, 0.5) is 0 Å². The quantitative estimate of drug-likeness (QED) is 0.626. The lowest BCUT2D eigenvalue weighted by Gasteiger charge is -2.24. The zero-order chi connectivity index (χ0) is 9.42. The fourth-order valence-corrected chi connectivity index (χ4v) is 1.62. The topological polar surface area (TPSA) is 41.1 Å². The van der Waals surface area contributed by atoms with Crippen LogP contribution in [0.2, 0.25) is 0 Å². The van der Waals surface area contributed by atoms with Crippen molar-refractivity contribution in [3.8, 4) is 0 Å². The normalized spacial score (nSPS) is 26.1. The van der Waals surface area contributed by atoms with Crippen LogP contribution < -0.4 is 10.6 Å². The van der Waals surface area contributed by atoms with Crippen molar-refractivity contribution in [1.29, 1.82) is 0 Å². The Morgan fingerprint density at radius 3 is 3.00 bits per heavy atom. The van der Waals surface area contributed by atoms with Crippen molar-refractivity contribution in [3.05, 3.63) is 23.5 Å². The van der Waals surface area contributed by atoms with Crippen LogP contribution in [0.1, 0.15) is 20.3 Å². The van der Waals surface area contributed by atoms with Gasteiger partial charge < -0.3 is 10.6 Å². The number of dihydropyridines is 1. The Labute approximate surface area is 77.9 Å². The van der Waals surface area contributed by atoms with Crippen molar-refractivity contribution in [2.45, 2.75) is 26.3 Å². The molecule has 3 nitrogen and oxygen atoms in total. The van der Waals surface area contributed by atoms with Crippen LogP contribution in [0, 0.1) is 5.92 Å². The van der Waals surface area contributed by atoms with E-state index >= 15 is 0 Å². The summed E-state index contributed by atoms with van der Waals surface area (Å²) in [5.41, 5.74) is 1.09. The maximum absolute atomic E-state index is 11.1. The highest BCUT2D eigenvalue weighted by Gasteiger charge is 2.24. The van der Waals surface area contributed by atoms with Gasteiger partial charge in [0.15, 0.2) is 0 Å². The number of allylic oxidation sites excluding steroid dienone is 1. The van der Waals surface area contributed by atoms with Gasteiger partial charge in [-0.1, -0.05) is 26.0 Å². The van der Waals surface area contributed by atoms with Gasteiger partial charge in [-0.25, -0.2) is 0 Å². The van der Waals surface area contributed by atoms with Gasteiger partial charge in [-0.05, 0) is 5.92 Å². The van der Waals surface area contributed by atoms with E-state index in [4.69, 9.17) is 0 Å². The summed E-state index contributed by atoms with van der Waals surface area (Å²) in [6.07, 6.45) is 4.70. The van der Waals surface area contributed by atoms with E-state index in [1.165, 1.54) is 0 Å². The molecule has 0 aliphatic carbocycles. The Hall–Kier alpha value is -1.25. The monoisotopic (exact) mass is 178 g/mol. The van der Waals surface area contributed by atoms with E-state index in [0.717, 1.165) is 11.4 Å². The first-order valence-corrected chi connectivity index (χ1v) is 4.64. The molecule has 2 rings (SSSR count). The average molecular weight is 178 g/mol. The second-order valence-corrected chi connectivity index (χ2v) is 3.90. The summed E-state index contributed by atoms with van der Waals surface area (Å²) in [6.45, 7) is 4.31. The van der Waals surface area contributed by atoms with E-state index in [1.807, 2.05) is 0 Å². The molecule has 0 saturated heterocycles. The number of carbonyl (C=O) groups excluding carboxylic acids is 1. The van der Waals surface area contributed by atoms with E-state index < -0.39 is 0 Å². The summed E-state index contributed by atoms with van der Waals surface area (Å²) < 4.78 is 0. The molecule has 2 heterocycles. The van der Waals surface area contributed by atoms with E-state index in [2.05, 4.69) is 36.6 Å². The molecule has 2 aliphatic rings. The third kappa shape index (κ3) is 1.46. The largest absolute Gasteiger partial charge is 0.365 e. The molecule has 0 fully saturated rings. The molecule has 1 amide bonds. The molecule has 0 aromatic heterocycles. The number of amides is 1. The van der Waals surface area contributed by atoms with E-state index in [0.29, 0.717) is 18.4 Å². The molecule has 2 aliphatic heterocycles. The van der Waals surface area contributed by atoms with Gasteiger partial charge in [0.05, 0.1) is 6.42 Å². The standard InChI is InChI=1S/C10H14N2O/c1-6(2)8-4-3-7-5-9(13)12-10(7)11-8/h3-4,6,8,11H,5H2,1-2H3,(H,12,13). The van der Waals surface area contributed by atoms with Crippen LogP contribution in [0.15, 0.2) is 23.5 Å². The molecular formula is C10H14N2O. The van der Waals surface area contributed by atoms with Crippen LogP contribution >= 0.6 is 0 Å². The third-order valence-electron chi connectivity index (χ3n) is 2.47. The predicted octanol–water partition coefficient (Wildman–Crippen LogP) is 0.902. The fraction of sp³-hybridized carbons (Fsp3) is 0.500. The van der Waals surface area contributed by atoms with Crippen molar-refractivity contribution in [2.75, 3.05) is 0 Å². The molecule has 2 N–H and O–H groups in total. The number of nitrogens with one attached hydrogen (secondary N) is 2. The smallest absolute Gasteiger partial charge is 0.230 e. The molecule has 0 aromatic carbocycles. The van der Waals surface area contributed by atoms with Crippen molar-refractivity contribution in [2.24, 2.45) is 5.92 Å². The predicted molar refractivity (Wildman–Crippen MR) is 50.7 cm³/mol. The molecule has 0 spiro atoms. The molecule has 13 heavy (non-hydrogen) atoms. The Morgan fingerprint density at radius 2 is 2.31 bits per heavy atom. The van der Waals surface area contributed by atoms with Gasteiger partial charge in [-0.15, -0.1) is 0 Å². The highest BCUT2D eigenvalue weighted by molar-refractivity contribution is 5.85. The minimum absolute atomic E-state index is 0.0894. The Kier molecular flexibility index (Phi) is 1.87. The summed E-state index contributed by atoms with van der Waals surface area (Å²) in [6, 6.07) is 0.345. The van der Waals surface area contributed by atoms with Crippen LogP contribution in [0.25, 0.3) is 0 Å². The van der Waals surface area contributed by atoms with Gasteiger partial charge in [0.25, 0.3) is 0 Å². The van der Waals surface area contributed by atoms with Gasteiger partial charge in [0.2, 0.25) is 5.91 Å². The number of hydrogen-bond donors (Lipinski definition) is 2. The van der Waals surface area contributed by atoms with Gasteiger partial charge >= 0.3 is 0 Å². The molecular weight excluding hydrogens is 164 g/mol. The SMILES string of the molecule is CC(C)C1C=CC2=C(NC(=O)C2)N1. The van der Waals surface area contributed by atoms with E-state index in [9.17, 15) is 4.79 Å². The first kappa shape index (κ1) is 8.35. The van der Waals surface area contributed by atoms with Gasteiger partial charge in [-0.3, -0.25) is 4.79 Å². The van der Waals surface area contributed by atoms with Crippen molar-refractivity contribution >= 4 is 5.91 Å². The van der Waals surface area contributed by atoms with Crippen molar-refractivity contribution in [1.82, 2.24) is 10.6 Å². The summed E-state index contributed by atoms with van der Waals surface area (Å²) in [5, 5.41) is 6.13. The summed E-state index contributed by atoms with van der Waals surface area (Å²) >= 11 is 0. The lowest BCUT2D eigenvalue weighted by molar-refractivity contribution is -0.118. The highest BCUT2D eigenvalue weighted by Crippen LogP contribution is 2.20. The summed E-state index contributed by atoms with van der Waals surface area (Å²) in [4.78, 5) is 11.1. The van der Waals surface area contributed by atoms with Gasteiger partial charge in [-0.2, -0.15) is 0 Å². The minimum atomic E-state index is 0.0894. The molecule has 1 atom stereocenters. The van der Waals surface area contributed by atoms with Gasteiger partial charge in [0, 0.05) is 11.6 Å². The lowest BCUT2D eigenvalue weighted by Crippen LogP contribution is -2.38. The Balaban J connectivity index is 2.13. The van der Waals surface area contributed by atoms with E-state index in [-0.39, 0.29) is 5.91 Å². The molecule has 0 saturated carbocycles. The number of rotatable bonds is 1. The van der Waals surface area contributed by atoms with Crippen molar-refractivity contribution in [3.63, 3.8) is 0 Å². The maximum atomic E-state index is 11.1. The van der Waals surface area contributed by atoms with Crippen LogP contribution in [-0.4, -0.2) is 11.9 Å². The molecule has 0 radical (unpaired) electrons. The third-order valence-corrected chi connectivity index (χ3v) is 2.47. The Bertz CT molecular complexity index is 302. The maximum Gasteiger partial charge on any atom is 0.230 e. The Morgan fingerprint density at radius 1 is 1.54 bits per heavy atom. The zero-order valence-corrected chi connectivity index (χ0v) is 7.92. The van der Waals surface area contributed by atoms with Crippen LogP contribution in [0.5, 0.6) is 0 Å². The second kappa shape index (κ2) is 2.91. The summed E-state index contributed by atoms with van der Waals surface area (Å²) in [5.74, 6) is 1.54. The highest BCUT2D eigenvalue weighted by atomic mass is 16.1. The van der Waals surface area contributed by atoms with Gasteiger partial charge in [0.1, 0.15) is 5.82 Å². The molecule has 1 unspecified atom stereocenters. The number of carbonyl (C=O) groups is 1. The molecule has 70 valence electrons. The van der Waals surface area contributed by atoms with Crippen LogP contribution in [0.3, 0.4) is 0 Å². The lowest BCUT2D eigenvalue weighted by atomic mass is 10.00. The molecule has 3 heteroatoms. The first-order valence-electron chi connectivity index (χ1n) is 4.64. The average Bonchev–Trinajstić information content (AvgIpc) is 2.42. The first-order chi connectivity index (χ1) is 6.16. The van der Waals surface area contributed by atoms with Crippen molar-refractivity contribution < 1.29 is 4.79 Å². The second-order valence-electron chi connectivity index (χ2n) is 3.90. The fourth-order valence-electron chi connectivity index (χ4n) is 1.62. The molecule has 0 bridgehead atoms. The van der Waals surface area contributed by atoms with E-state index in [1.54, 1.807) is 0 Å². The molecule has 0 aromatic rings. The van der Waals surface area contributed by atoms with Crippen LogP contribution in [-0.2, 0) is 4.79 Å². The summed E-state index contributed by atoms with van der Waals surface area (Å²) in [7, 11) is 0. The minimum Gasteiger partial charge on any atom is -0.365 e.